The van der Waals surface area contributed by atoms with E-state index in [-0.39, 0.29) is 11.5 Å². The lowest BCUT2D eigenvalue weighted by molar-refractivity contribution is -0.209. The Bertz CT molecular complexity index is 343. The zero-order valence-corrected chi connectivity index (χ0v) is 13.9. The van der Waals surface area contributed by atoms with Gasteiger partial charge in [-0.2, -0.15) is 0 Å². The number of hydrogen-bond donors (Lipinski definition) is 0. The van der Waals surface area contributed by atoms with E-state index in [1.165, 1.54) is 0 Å². The van der Waals surface area contributed by atoms with Crippen molar-refractivity contribution in [3.05, 3.63) is 0 Å². The van der Waals surface area contributed by atoms with E-state index in [2.05, 4.69) is 20.8 Å². The second-order valence-corrected chi connectivity index (χ2v) is 7.71. The number of ether oxygens (including phenoxy) is 3. The van der Waals surface area contributed by atoms with Crippen LogP contribution >= 0.6 is 0 Å². The summed E-state index contributed by atoms with van der Waals surface area (Å²) in [6, 6.07) is 0. The van der Waals surface area contributed by atoms with Crippen molar-refractivity contribution in [1.29, 1.82) is 0 Å². The molecule has 0 spiro atoms. The van der Waals surface area contributed by atoms with E-state index >= 15 is 0 Å². The van der Waals surface area contributed by atoms with Crippen molar-refractivity contribution in [2.24, 2.45) is 5.41 Å². The summed E-state index contributed by atoms with van der Waals surface area (Å²) in [6.45, 7) is 15.6. The molecule has 1 amide bonds. The number of carbonyl (C=O) groups excluding carboxylic acids is 1. The molecule has 1 atom stereocenters. The third-order valence-electron chi connectivity index (χ3n) is 2.83. The summed E-state index contributed by atoms with van der Waals surface area (Å²) in [7, 11) is 0. The van der Waals surface area contributed by atoms with Crippen LogP contribution in [0.25, 0.3) is 0 Å². The molecule has 20 heavy (non-hydrogen) atoms. The molecule has 1 unspecified atom stereocenters. The Morgan fingerprint density at radius 1 is 1.25 bits per heavy atom. The highest BCUT2D eigenvalue weighted by Crippen LogP contribution is 2.27. The Labute approximate surface area is 122 Å². The van der Waals surface area contributed by atoms with Crippen molar-refractivity contribution >= 4 is 6.09 Å². The molecular formula is C15H29NO4. The summed E-state index contributed by atoms with van der Waals surface area (Å²) in [5, 5.41) is 0. The Morgan fingerprint density at radius 2 is 1.85 bits per heavy atom. The highest BCUT2D eigenvalue weighted by molar-refractivity contribution is 5.69. The van der Waals surface area contributed by atoms with E-state index < -0.39 is 11.3 Å². The van der Waals surface area contributed by atoms with Crippen LogP contribution in [0.15, 0.2) is 0 Å². The summed E-state index contributed by atoms with van der Waals surface area (Å²) in [5.74, 6) is 0. The van der Waals surface area contributed by atoms with Crippen molar-refractivity contribution in [3.63, 3.8) is 0 Å². The molecule has 5 nitrogen and oxygen atoms in total. The van der Waals surface area contributed by atoms with E-state index in [1.807, 2.05) is 27.7 Å². The van der Waals surface area contributed by atoms with Crippen LogP contribution < -0.4 is 0 Å². The van der Waals surface area contributed by atoms with Gasteiger partial charge < -0.3 is 14.2 Å². The number of carbonyl (C=O) groups is 1. The maximum atomic E-state index is 12.3. The number of rotatable bonds is 2. The molecule has 118 valence electrons. The number of hydrogen-bond acceptors (Lipinski definition) is 4. The maximum absolute atomic E-state index is 12.3. The fourth-order valence-corrected chi connectivity index (χ4v) is 1.82. The van der Waals surface area contributed by atoms with Crippen LogP contribution in [0.2, 0.25) is 0 Å². The molecule has 0 bridgehead atoms. The minimum absolute atomic E-state index is 0.0278. The normalized spacial score (nSPS) is 24.6. The minimum Gasteiger partial charge on any atom is -0.444 e. The molecular weight excluding hydrogens is 258 g/mol. The van der Waals surface area contributed by atoms with Gasteiger partial charge in [-0.15, -0.1) is 0 Å². The molecule has 1 aliphatic rings. The van der Waals surface area contributed by atoms with Crippen LogP contribution in [0.1, 0.15) is 48.5 Å². The molecule has 0 saturated carbocycles. The molecule has 0 aromatic heterocycles. The molecule has 0 aromatic carbocycles. The molecule has 1 aliphatic heterocycles. The van der Waals surface area contributed by atoms with Gasteiger partial charge in [0.05, 0.1) is 26.4 Å². The Morgan fingerprint density at radius 3 is 2.35 bits per heavy atom. The first kappa shape index (κ1) is 17.2. The third-order valence-corrected chi connectivity index (χ3v) is 2.83. The summed E-state index contributed by atoms with van der Waals surface area (Å²) in [4.78, 5) is 14.0. The lowest BCUT2D eigenvalue weighted by atomic mass is 9.98. The molecule has 1 heterocycles. The van der Waals surface area contributed by atoms with Gasteiger partial charge in [0.15, 0.2) is 5.72 Å². The van der Waals surface area contributed by atoms with Crippen LogP contribution in [-0.2, 0) is 14.2 Å². The summed E-state index contributed by atoms with van der Waals surface area (Å²) in [5.41, 5.74) is -1.26. The molecule has 0 aromatic rings. The average Bonchev–Trinajstić information content (AvgIpc) is 2.24. The number of amides is 1. The zero-order chi connectivity index (χ0) is 15.6. The SMILES string of the molecule is CC(C)(C)COC1(C)COCCN1C(=O)OC(C)(C)C. The molecule has 1 saturated heterocycles. The summed E-state index contributed by atoms with van der Waals surface area (Å²) < 4.78 is 16.9. The predicted molar refractivity (Wildman–Crippen MR) is 77.6 cm³/mol. The van der Waals surface area contributed by atoms with Crippen molar-refractivity contribution < 1.29 is 19.0 Å². The highest BCUT2D eigenvalue weighted by atomic mass is 16.6. The number of morpholine rings is 1. The van der Waals surface area contributed by atoms with Crippen LogP contribution in [0.5, 0.6) is 0 Å². The van der Waals surface area contributed by atoms with Gasteiger partial charge in [-0.25, -0.2) is 4.79 Å². The van der Waals surface area contributed by atoms with Crippen molar-refractivity contribution in [2.45, 2.75) is 59.8 Å². The second-order valence-electron chi connectivity index (χ2n) is 7.71. The minimum atomic E-state index is -0.770. The van der Waals surface area contributed by atoms with Gasteiger partial charge in [0.25, 0.3) is 0 Å². The van der Waals surface area contributed by atoms with E-state index in [0.29, 0.717) is 26.4 Å². The second kappa shape index (κ2) is 5.90. The first-order chi connectivity index (χ1) is 8.93. The fraction of sp³-hybridized carbons (Fsp3) is 0.933. The van der Waals surface area contributed by atoms with Crippen LogP contribution in [-0.4, -0.2) is 48.7 Å². The van der Waals surface area contributed by atoms with Gasteiger partial charge in [0, 0.05) is 0 Å². The van der Waals surface area contributed by atoms with E-state index in [0.717, 1.165) is 0 Å². The largest absolute Gasteiger partial charge is 0.444 e. The monoisotopic (exact) mass is 287 g/mol. The lowest BCUT2D eigenvalue weighted by Crippen LogP contribution is -2.60. The van der Waals surface area contributed by atoms with Gasteiger partial charge >= 0.3 is 6.09 Å². The van der Waals surface area contributed by atoms with Crippen LogP contribution in [0.4, 0.5) is 4.79 Å². The standard InChI is InChI=1S/C15H29NO4/c1-13(2,3)10-19-15(7)11-18-9-8-16(15)12(17)20-14(4,5)6/h8-11H2,1-7H3. The van der Waals surface area contributed by atoms with Crippen molar-refractivity contribution in [3.8, 4) is 0 Å². The Hall–Kier alpha value is -0.810. The molecule has 0 N–H and O–H groups in total. The first-order valence-electron chi connectivity index (χ1n) is 7.15. The highest BCUT2D eigenvalue weighted by Gasteiger charge is 2.42. The van der Waals surface area contributed by atoms with Crippen molar-refractivity contribution in [2.75, 3.05) is 26.4 Å². The van der Waals surface area contributed by atoms with Gasteiger partial charge in [-0.3, -0.25) is 4.90 Å². The average molecular weight is 287 g/mol. The first-order valence-corrected chi connectivity index (χ1v) is 7.15. The topological polar surface area (TPSA) is 48.0 Å². The maximum Gasteiger partial charge on any atom is 0.412 e. The molecule has 1 fully saturated rings. The smallest absolute Gasteiger partial charge is 0.412 e. The van der Waals surface area contributed by atoms with Gasteiger partial charge in [-0.05, 0) is 33.1 Å². The van der Waals surface area contributed by atoms with Gasteiger partial charge in [0.2, 0.25) is 0 Å². The summed E-state index contributed by atoms with van der Waals surface area (Å²) >= 11 is 0. The molecule has 0 radical (unpaired) electrons. The fourth-order valence-electron chi connectivity index (χ4n) is 1.82. The van der Waals surface area contributed by atoms with Gasteiger partial charge in [-0.1, -0.05) is 20.8 Å². The molecule has 5 heteroatoms. The zero-order valence-electron chi connectivity index (χ0n) is 13.9. The Balaban J connectivity index is 2.77. The third kappa shape index (κ3) is 5.29. The lowest BCUT2D eigenvalue weighted by Gasteiger charge is -2.45. The number of nitrogens with zero attached hydrogens (tertiary/aromatic N) is 1. The molecule has 0 aliphatic carbocycles. The van der Waals surface area contributed by atoms with Gasteiger partial charge in [0.1, 0.15) is 5.60 Å². The van der Waals surface area contributed by atoms with Crippen molar-refractivity contribution in [1.82, 2.24) is 4.90 Å². The van der Waals surface area contributed by atoms with Crippen LogP contribution in [0, 0.1) is 5.41 Å². The summed E-state index contributed by atoms with van der Waals surface area (Å²) in [6.07, 6.45) is -0.350. The van der Waals surface area contributed by atoms with E-state index in [4.69, 9.17) is 14.2 Å². The Kier molecular flexibility index (Phi) is 5.08. The molecule has 1 rings (SSSR count). The van der Waals surface area contributed by atoms with E-state index in [9.17, 15) is 4.79 Å². The van der Waals surface area contributed by atoms with Crippen LogP contribution in [0.3, 0.4) is 0 Å². The quantitative estimate of drug-likeness (QED) is 0.783. The van der Waals surface area contributed by atoms with E-state index in [1.54, 1.807) is 4.90 Å². The predicted octanol–water partition coefficient (Wildman–Crippen LogP) is 3.03.